The van der Waals surface area contributed by atoms with Gasteiger partial charge >= 0.3 is 0 Å². The molecule has 51 heavy (non-hydrogen) atoms. The fourth-order valence-corrected chi connectivity index (χ4v) is 6.97. The zero-order chi connectivity index (χ0) is 36.8. The number of ether oxygens (including phenoxy) is 4. The lowest BCUT2D eigenvalue weighted by Crippen LogP contribution is -2.53. The molecule has 12 heteroatoms. The summed E-state index contributed by atoms with van der Waals surface area (Å²) in [7, 11) is 0.0383. The number of rotatable bonds is 19. The molecular weight excluding hydrogens is 671 g/mol. The Kier molecular flexibility index (Phi) is 14.1. The van der Waals surface area contributed by atoms with Crippen LogP contribution in [-0.2, 0) is 32.6 Å². The number of hydrogen-bond donors (Lipinski definition) is 1. The van der Waals surface area contributed by atoms with E-state index in [1.165, 1.54) is 37.3 Å². The van der Waals surface area contributed by atoms with Crippen molar-refractivity contribution in [3.8, 4) is 23.0 Å². The molecule has 0 aliphatic carbocycles. The van der Waals surface area contributed by atoms with E-state index >= 15 is 0 Å². The molecule has 4 rings (SSSR count). The lowest BCUT2D eigenvalue weighted by atomic mass is 10.0. The lowest BCUT2D eigenvalue weighted by Gasteiger charge is -2.34. The Morgan fingerprint density at radius 3 is 2.12 bits per heavy atom. The summed E-state index contributed by atoms with van der Waals surface area (Å²) in [6.07, 6.45) is 1.85. The second-order valence-electron chi connectivity index (χ2n) is 11.7. The van der Waals surface area contributed by atoms with Gasteiger partial charge in [-0.05, 0) is 73.0 Å². The third kappa shape index (κ3) is 10.2. The average molecular weight is 718 g/mol. The van der Waals surface area contributed by atoms with Crippen molar-refractivity contribution in [2.75, 3.05) is 45.3 Å². The van der Waals surface area contributed by atoms with Crippen LogP contribution in [0.3, 0.4) is 0 Å². The molecule has 0 radical (unpaired) electrons. The molecule has 2 amide bonds. The van der Waals surface area contributed by atoms with E-state index in [1.54, 1.807) is 49.6 Å². The molecule has 272 valence electrons. The summed E-state index contributed by atoms with van der Waals surface area (Å²) in [5.74, 6) is 0.771. The van der Waals surface area contributed by atoms with Crippen LogP contribution in [0, 0.1) is 0 Å². The fourth-order valence-electron chi connectivity index (χ4n) is 5.54. The van der Waals surface area contributed by atoms with E-state index in [2.05, 4.69) is 5.32 Å². The first-order valence-electron chi connectivity index (χ1n) is 16.9. The smallest absolute Gasteiger partial charge is 0.264 e. The van der Waals surface area contributed by atoms with E-state index < -0.39 is 28.5 Å². The number of carbonyl (C=O) groups is 2. The Hall–Kier alpha value is -5.23. The van der Waals surface area contributed by atoms with Crippen LogP contribution in [0.1, 0.15) is 37.8 Å². The van der Waals surface area contributed by atoms with Gasteiger partial charge in [-0.3, -0.25) is 13.9 Å². The first kappa shape index (κ1) is 38.6. The molecule has 0 saturated heterocycles. The molecule has 0 bridgehead atoms. The number of anilines is 1. The summed E-state index contributed by atoms with van der Waals surface area (Å²) in [6, 6.07) is 26.4. The van der Waals surface area contributed by atoms with Gasteiger partial charge in [0.15, 0.2) is 11.5 Å². The highest BCUT2D eigenvalue weighted by Crippen LogP contribution is 2.33. The summed E-state index contributed by atoms with van der Waals surface area (Å²) < 4.78 is 51.8. The van der Waals surface area contributed by atoms with Crippen molar-refractivity contribution >= 4 is 27.5 Å². The summed E-state index contributed by atoms with van der Waals surface area (Å²) in [6.45, 7) is 4.15. The highest BCUT2D eigenvalue weighted by atomic mass is 32.2. The van der Waals surface area contributed by atoms with E-state index in [-0.39, 0.29) is 35.2 Å². The summed E-state index contributed by atoms with van der Waals surface area (Å²) >= 11 is 0. The Morgan fingerprint density at radius 2 is 1.47 bits per heavy atom. The van der Waals surface area contributed by atoms with Crippen LogP contribution < -0.4 is 28.6 Å². The van der Waals surface area contributed by atoms with Gasteiger partial charge in [0.05, 0.1) is 38.5 Å². The molecule has 4 aromatic carbocycles. The second-order valence-corrected chi connectivity index (χ2v) is 13.5. The summed E-state index contributed by atoms with van der Waals surface area (Å²) in [4.78, 5) is 30.1. The molecule has 1 atom stereocenters. The SMILES string of the molecule is CCCCNC(=O)[C@H](Cc1ccccc1)N(Cc1cccc(OC)c1)C(=O)CN(c1ccc(OCC)cc1)S(=O)(=O)c1ccc(OC)c(OC)c1. The first-order chi connectivity index (χ1) is 24.6. The number of unbranched alkanes of at least 4 members (excludes halogenated alkanes) is 1. The quantitative estimate of drug-likeness (QED) is 0.120. The van der Waals surface area contributed by atoms with E-state index in [0.717, 1.165) is 22.7 Å². The summed E-state index contributed by atoms with van der Waals surface area (Å²) in [5, 5.41) is 3.00. The second kappa shape index (κ2) is 18.7. The molecule has 0 saturated carbocycles. The van der Waals surface area contributed by atoms with Gasteiger partial charge in [0.2, 0.25) is 11.8 Å². The summed E-state index contributed by atoms with van der Waals surface area (Å²) in [5.41, 5.74) is 1.78. The molecule has 0 aliphatic rings. The van der Waals surface area contributed by atoms with Gasteiger partial charge in [-0.15, -0.1) is 0 Å². The Bertz CT molecular complexity index is 1840. The predicted molar refractivity (Wildman–Crippen MR) is 197 cm³/mol. The molecule has 0 spiro atoms. The van der Waals surface area contributed by atoms with E-state index in [0.29, 0.717) is 36.0 Å². The van der Waals surface area contributed by atoms with Crippen LogP contribution in [0.15, 0.2) is 102 Å². The van der Waals surface area contributed by atoms with E-state index in [4.69, 9.17) is 18.9 Å². The van der Waals surface area contributed by atoms with Crippen molar-refractivity contribution in [1.82, 2.24) is 10.2 Å². The lowest BCUT2D eigenvalue weighted by molar-refractivity contribution is -0.140. The van der Waals surface area contributed by atoms with Crippen LogP contribution >= 0.6 is 0 Å². The maximum Gasteiger partial charge on any atom is 0.264 e. The molecule has 11 nitrogen and oxygen atoms in total. The monoisotopic (exact) mass is 717 g/mol. The number of hydrogen-bond acceptors (Lipinski definition) is 8. The van der Waals surface area contributed by atoms with Crippen molar-refractivity contribution in [2.45, 2.75) is 50.6 Å². The standard InChI is InChI=1S/C39H47N3O8S/c1-6-8-23-40-39(44)35(25-29-13-10-9-11-14-29)41(27-30-15-12-16-33(24-30)47-3)38(43)28-42(31-17-19-32(20-18-31)50-7-2)51(45,46)34-21-22-36(48-4)37(26-34)49-5/h9-22,24,26,35H,6-8,23,25,27-28H2,1-5H3,(H,40,44)/t35-/m0/s1. The van der Waals surface area contributed by atoms with Gasteiger partial charge in [0.25, 0.3) is 10.0 Å². The Balaban J connectivity index is 1.83. The molecule has 0 aliphatic heterocycles. The number of sulfonamides is 1. The number of nitrogens with zero attached hydrogens (tertiary/aromatic N) is 2. The van der Waals surface area contributed by atoms with Gasteiger partial charge in [0, 0.05) is 25.6 Å². The van der Waals surface area contributed by atoms with Crippen molar-refractivity contribution in [2.24, 2.45) is 0 Å². The number of carbonyl (C=O) groups excluding carboxylic acids is 2. The molecule has 0 unspecified atom stereocenters. The molecular formula is C39H47N3O8S. The van der Waals surface area contributed by atoms with Crippen LogP contribution in [0.4, 0.5) is 5.69 Å². The Labute approximate surface area is 301 Å². The zero-order valence-corrected chi connectivity index (χ0v) is 30.6. The number of methoxy groups -OCH3 is 3. The first-order valence-corrected chi connectivity index (χ1v) is 18.3. The van der Waals surface area contributed by atoms with Crippen LogP contribution in [-0.4, -0.2) is 72.2 Å². The molecule has 1 N–H and O–H groups in total. The van der Waals surface area contributed by atoms with Crippen LogP contribution in [0.5, 0.6) is 23.0 Å². The number of amides is 2. The van der Waals surface area contributed by atoms with E-state index in [1.807, 2.05) is 50.2 Å². The van der Waals surface area contributed by atoms with Crippen molar-refractivity contribution in [3.63, 3.8) is 0 Å². The minimum atomic E-state index is -4.38. The minimum Gasteiger partial charge on any atom is -0.497 e. The van der Waals surface area contributed by atoms with Gasteiger partial charge in [0.1, 0.15) is 24.1 Å². The normalized spacial score (nSPS) is 11.6. The maximum absolute atomic E-state index is 14.8. The average Bonchev–Trinajstić information content (AvgIpc) is 3.15. The van der Waals surface area contributed by atoms with Crippen molar-refractivity contribution in [3.05, 3.63) is 108 Å². The molecule has 0 heterocycles. The largest absolute Gasteiger partial charge is 0.497 e. The van der Waals surface area contributed by atoms with Crippen molar-refractivity contribution < 1.29 is 37.0 Å². The van der Waals surface area contributed by atoms with Gasteiger partial charge in [-0.25, -0.2) is 8.42 Å². The highest BCUT2D eigenvalue weighted by molar-refractivity contribution is 7.92. The Morgan fingerprint density at radius 1 is 0.765 bits per heavy atom. The molecule has 0 aromatic heterocycles. The zero-order valence-electron chi connectivity index (χ0n) is 29.8. The molecule has 0 fully saturated rings. The fraction of sp³-hybridized carbons (Fsp3) is 0.333. The number of benzene rings is 4. The third-order valence-electron chi connectivity index (χ3n) is 8.25. The third-order valence-corrected chi connectivity index (χ3v) is 10.0. The van der Waals surface area contributed by atoms with Gasteiger partial charge in [-0.2, -0.15) is 0 Å². The van der Waals surface area contributed by atoms with Gasteiger partial charge < -0.3 is 29.2 Å². The number of nitrogens with one attached hydrogen (secondary N) is 1. The topological polar surface area (TPSA) is 124 Å². The maximum atomic E-state index is 14.8. The van der Waals surface area contributed by atoms with Crippen LogP contribution in [0.2, 0.25) is 0 Å². The highest BCUT2D eigenvalue weighted by Gasteiger charge is 2.35. The van der Waals surface area contributed by atoms with Crippen LogP contribution in [0.25, 0.3) is 0 Å². The van der Waals surface area contributed by atoms with Crippen molar-refractivity contribution in [1.29, 1.82) is 0 Å². The van der Waals surface area contributed by atoms with Gasteiger partial charge in [-0.1, -0.05) is 55.8 Å². The molecule has 4 aromatic rings. The minimum absolute atomic E-state index is 0.0161. The van der Waals surface area contributed by atoms with E-state index in [9.17, 15) is 18.0 Å². The predicted octanol–water partition coefficient (Wildman–Crippen LogP) is 5.86.